The molecule has 0 bridgehead atoms. The number of fused-ring (bicyclic) bond motifs is 3. The standard InChI is InChI=1S/C25H26ClN3O6/c1-16(17-7-9-18(26)10-8-17)27-21(30)15-35-24(33)25-12-11-22(31)29(25)20-6-4-3-5-19(20)23(32)28(25)13-14-34-2/h3-10,16H,11-15H2,1-2H3,(H,27,30). The summed E-state index contributed by atoms with van der Waals surface area (Å²) in [5, 5.41) is 3.35. The van der Waals surface area contributed by atoms with Gasteiger partial charge in [0, 0.05) is 31.5 Å². The number of nitrogens with one attached hydrogen (secondary N) is 1. The highest BCUT2D eigenvalue weighted by Crippen LogP contribution is 2.45. The van der Waals surface area contributed by atoms with E-state index in [9.17, 15) is 19.2 Å². The van der Waals surface area contributed by atoms with Crippen LogP contribution in [0.1, 0.15) is 41.7 Å². The number of amides is 3. The molecule has 0 saturated carbocycles. The minimum absolute atomic E-state index is 0.0528. The molecule has 10 heteroatoms. The van der Waals surface area contributed by atoms with Gasteiger partial charge in [0.05, 0.1) is 23.9 Å². The molecule has 0 radical (unpaired) electrons. The van der Waals surface area contributed by atoms with Crippen LogP contribution in [-0.4, -0.2) is 61.1 Å². The molecule has 0 aliphatic carbocycles. The number of hydrogen-bond acceptors (Lipinski definition) is 6. The smallest absolute Gasteiger partial charge is 0.354 e. The van der Waals surface area contributed by atoms with Gasteiger partial charge in [0.2, 0.25) is 11.6 Å². The number of halogens is 1. The summed E-state index contributed by atoms with van der Waals surface area (Å²) in [5.74, 6) is -2.05. The summed E-state index contributed by atoms with van der Waals surface area (Å²) in [5.41, 5.74) is -0.174. The largest absolute Gasteiger partial charge is 0.452 e. The van der Waals surface area contributed by atoms with E-state index >= 15 is 0 Å². The van der Waals surface area contributed by atoms with E-state index in [0.29, 0.717) is 16.3 Å². The first-order valence-electron chi connectivity index (χ1n) is 11.2. The average molecular weight is 500 g/mol. The van der Waals surface area contributed by atoms with E-state index in [2.05, 4.69) is 5.32 Å². The molecule has 0 spiro atoms. The Kier molecular flexibility index (Phi) is 7.09. The number of ether oxygens (including phenoxy) is 2. The van der Waals surface area contributed by atoms with Gasteiger partial charge in [0.25, 0.3) is 11.8 Å². The van der Waals surface area contributed by atoms with Crippen molar-refractivity contribution in [3.63, 3.8) is 0 Å². The van der Waals surface area contributed by atoms with Crippen LogP contribution in [0.5, 0.6) is 0 Å². The van der Waals surface area contributed by atoms with E-state index in [1.54, 1.807) is 55.5 Å². The van der Waals surface area contributed by atoms with Crippen molar-refractivity contribution in [2.24, 2.45) is 0 Å². The molecule has 184 valence electrons. The highest BCUT2D eigenvalue weighted by Gasteiger charge is 2.61. The Morgan fingerprint density at radius 1 is 1.14 bits per heavy atom. The van der Waals surface area contributed by atoms with Crippen LogP contribution in [0.25, 0.3) is 0 Å². The summed E-state index contributed by atoms with van der Waals surface area (Å²) in [7, 11) is 1.48. The maximum Gasteiger partial charge on any atom is 0.354 e. The highest BCUT2D eigenvalue weighted by atomic mass is 35.5. The lowest BCUT2D eigenvalue weighted by molar-refractivity contribution is -0.160. The molecular weight excluding hydrogens is 474 g/mol. The Labute approximate surface area is 207 Å². The minimum Gasteiger partial charge on any atom is -0.452 e. The van der Waals surface area contributed by atoms with Gasteiger partial charge in [-0.3, -0.25) is 19.3 Å². The van der Waals surface area contributed by atoms with Gasteiger partial charge in [-0.05, 0) is 36.8 Å². The number of nitrogens with zero attached hydrogens (tertiary/aromatic N) is 2. The molecule has 2 aromatic rings. The average Bonchev–Trinajstić information content (AvgIpc) is 3.21. The van der Waals surface area contributed by atoms with Gasteiger partial charge >= 0.3 is 5.97 Å². The molecule has 2 unspecified atom stereocenters. The first-order chi connectivity index (χ1) is 16.8. The van der Waals surface area contributed by atoms with Crippen molar-refractivity contribution in [2.75, 3.05) is 31.8 Å². The van der Waals surface area contributed by atoms with Gasteiger partial charge in [0.1, 0.15) is 0 Å². The normalized spacial score (nSPS) is 19.7. The molecule has 35 heavy (non-hydrogen) atoms. The second-order valence-electron chi connectivity index (χ2n) is 8.43. The molecule has 2 aliphatic rings. The quantitative estimate of drug-likeness (QED) is 0.560. The van der Waals surface area contributed by atoms with Gasteiger partial charge in [-0.2, -0.15) is 0 Å². The molecule has 9 nitrogen and oxygen atoms in total. The molecular formula is C25H26ClN3O6. The Bertz CT molecular complexity index is 1150. The van der Waals surface area contributed by atoms with Gasteiger partial charge in [-0.15, -0.1) is 0 Å². The van der Waals surface area contributed by atoms with Crippen LogP contribution in [0.15, 0.2) is 48.5 Å². The molecule has 3 amide bonds. The SMILES string of the molecule is COCCN1C(=O)c2ccccc2N2C(=O)CCC12C(=O)OCC(=O)NC(C)c1ccc(Cl)cc1. The molecule has 2 aromatic carbocycles. The number of carbonyl (C=O) groups excluding carboxylic acids is 4. The van der Waals surface area contributed by atoms with Crippen LogP contribution >= 0.6 is 11.6 Å². The maximum atomic E-state index is 13.5. The van der Waals surface area contributed by atoms with Crippen LogP contribution < -0.4 is 10.2 Å². The first kappa shape index (κ1) is 24.7. The van der Waals surface area contributed by atoms with Crippen LogP contribution in [0.4, 0.5) is 5.69 Å². The predicted octanol–water partition coefficient (Wildman–Crippen LogP) is 2.69. The molecule has 4 rings (SSSR count). The third-order valence-electron chi connectivity index (χ3n) is 6.30. The van der Waals surface area contributed by atoms with Gasteiger partial charge < -0.3 is 19.7 Å². The fourth-order valence-electron chi connectivity index (χ4n) is 4.60. The Morgan fingerprint density at radius 2 is 1.86 bits per heavy atom. The van der Waals surface area contributed by atoms with Crippen LogP contribution in [0.3, 0.4) is 0 Å². The number of anilines is 1. The number of carbonyl (C=O) groups is 4. The third kappa shape index (κ3) is 4.49. The fourth-order valence-corrected chi connectivity index (χ4v) is 4.73. The molecule has 2 heterocycles. The Morgan fingerprint density at radius 3 is 2.57 bits per heavy atom. The van der Waals surface area contributed by atoms with Crippen molar-refractivity contribution in [2.45, 2.75) is 31.5 Å². The van der Waals surface area contributed by atoms with Gasteiger partial charge in [-0.25, -0.2) is 4.79 Å². The monoisotopic (exact) mass is 499 g/mol. The number of hydrogen-bond donors (Lipinski definition) is 1. The minimum atomic E-state index is -1.68. The summed E-state index contributed by atoms with van der Waals surface area (Å²) in [6.07, 6.45) is 0.108. The summed E-state index contributed by atoms with van der Waals surface area (Å²) in [6, 6.07) is 13.3. The van der Waals surface area contributed by atoms with Crippen molar-refractivity contribution in [3.8, 4) is 0 Å². The number of para-hydroxylation sites is 1. The molecule has 2 atom stereocenters. The number of esters is 1. The second-order valence-corrected chi connectivity index (χ2v) is 8.87. The molecule has 1 fully saturated rings. The zero-order valence-corrected chi connectivity index (χ0v) is 20.2. The first-order valence-corrected chi connectivity index (χ1v) is 11.6. The van der Waals surface area contributed by atoms with Crippen molar-refractivity contribution in [3.05, 3.63) is 64.7 Å². The van der Waals surface area contributed by atoms with E-state index in [4.69, 9.17) is 21.1 Å². The van der Waals surface area contributed by atoms with Crippen molar-refractivity contribution in [1.82, 2.24) is 10.2 Å². The van der Waals surface area contributed by atoms with Crippen LogP contribution in [-0.2, 0) is 23.9 Å². The zero-order valence-electron chi connectivity index (χ0n) is 19.5. The van der Waals surface area contributed by atoms with Gasteiger partial charge in [-0.1, -0.05) is 35.9 Å². The van der Waals surface area contributed by atoms with Crippen LogP contribution in [0.2, 0.25) is 5.02 Å². The maximum absolute atomic E-state index is 13.5. The molecule has 1 saturated heterocycles. The predicted molar refractivity (Wildman–Crippen MR) is 128 cm³/mol. The van der Waals surface area contributed by atoms with Crippen molar-refractivity contribution >= 4 is 41.0 Å². The molecule has 0 aromatic heterocycles. The lowest BCUT2D eigenvalue weighted by atomic mass is 9.96. The Hall–Kier alpha value is -3.43. The highest BCUT2D eigenvalue weighted by molar-refractivity contribution is 6.30. The fraction of sp³-hybridized carbons (Fsp3) is 0.360. The van der Waals surface area contributed by atoms with Crippen molar-refractivity contribution in [1.29, 1.82) is 0 Å². The molecule has 1 N–H and O–H groups in total. The number of benzene rings is 2. The lowest BCUT2D eigenvalue weighted by Gasteiger charge is -2.48. The number of rotatable bonds is 8. The van der Waals surface area contributed by atoms with E-state index in [-0.39, 0.29) is 37.9 Å². The van der Waals surface area contributed by atoms with E-state index < -0.39 is 30.1 Å². The molecule has 2 aliphatic heterocycles. The van der Waals surface area contributed by atoms with Gasteiger partial charge in [0.15, 0.2) is 6.61 Å². The summed E-state index contributed by atoms with van der Waals surface area (Å²) < 4.78 is 10.6. The van der Waals surface area contributed by atoms with E-state index in [0.717, 1.165) is 5.56 Å². The third-order valence-corrected chi connectivity index (χ3v) is 6.55. The second kappa shape index (κ2) is 10.1. The lowest BCUT2D eigenvalue weighted by Crippen LogP contribution is -2.69. The summed E-state index contributed by atoms with van der Waals surface area (Å²) >= 11 is 5.91. The Balaban J connectivity index is 1.55. The van der Waals surface area contributed by atoms with Crippen LogP contribution in [0, 0.1) is 0 Å². The van der Waals surface area contributed by atoms with E-state index in [1.807, 2.05) is 0 Å². The summed E-state index contributed by atoms with van der Waals surface area (Å²) in [4.78, 5) is 55.0. The number of methoxy groups -OCH3 is 1. The zero-order chi connectivity index (χ0) is 25.2. The summed E-state index contributed by atoms with van der Waals surface area (Å²) in [6.45, 7) is 1.46. The topological polar surface area (TPSA) is 105 Å². The van der Waals surface area contributed by atoms with E-state index in [1.165, 1.54) is 16.9 Å². The van der Waals surface area contributed by atoms with Crippen molar-refractivity contribution < 1.29 is 28.7 Å².